The molecule has 0 unspecified atom stereocenters. The molecule has 0 amide bonds. The van der Waals surface area contributed by atoms with Crippen LogP contribution in [0.5, 0.6) is 0 Å². The zero-order chi connectivity index (χ0) is 21.0. The van der Waals surface area contributed by atoms with Crippen LogP contribution in [0.1, 0.15) is 21.5 Å². The van der Waals surface area contributed by atoms with Crippen molar-refractivity contribution in [3.63, 3.8) is 0 Å². The number of fused-ring (bicyclic) bond motifs is 2. The van der Waals surface area contributed by atoms with Gasteiger partial charge in [0.05, 0.1) is 0 Å². The van der Waals surface area contributed by atoms with Gasteiger partial charge in [0.1, 0.15) is 0 Å². The predicted molar refractivity (Wildman–Crippen MR) is 132 cm³/mol. The summed E-state index contributed by atoms with van der Waals surface area (Å²) < 4.78 is 0. The molecule has 0 radical (unpaired) electrons. The maximum absolute atomic E-state index is 13.6. The summed E-state index contributed by atoms with van der Waals surface area (Å²) in [5.41, 5.74) is 2.85. The van der Waals surface area contributed by atoms with E-state index in [-0.39, 0.29) is 5.78 Å². The van der Waals surface area contributed by atoms with Gasteiger partial charge >= 0.3 is 0 Å². The first kappa shape index (κ1) is 19.6. The molecule has 5 aromatic rings. The van der Waals surface area contributed by atoms with Gasteiger partial charge in [-0.15, -0.1) is 11.8 Å². The number of rotatable bonds is 6. The first-order valence-electron chi connectivity index (χ1n) is 10.5. The number of carbonyl (C=O) groups is 1. The van der Waals surface area contributed by atoms with E-state index in [2.05, 4.69) is 60.7 Å². The Morgan fingerprint density at radius 2 is 1.06 bits per heavy atom. The van der Waals surface area contributed by atoms with Crippen molar-refractivity contribution < 1.29 is 4.79 Å². The zero-order valence-corrected chi connectivity index (χ0v) is 17.9. The second-order valence-electron chi connectivity index (χ2n) is 7.55. The van der Waals surface area contributed by atoms with Crippen molar-refractivity contribution in [2.24, 2.45) is 0 Å². The molecule has 5 rings (SSSR count). The van der Waals surface area contributed by atoms with Gasteiger partial charge in [-0.1, -0.05) is 97.1 Å². The number of hydrogen-bond acceptors (Lipinski definition) is 2. The first-order chi connectivity index (χ1) is 15.3. The molecule has 0 atom stereocenters. The Hall–Kier alpha value is -3.36. The third kappa shape index (κ3) is 3.87. The Kier molecular flexibility index (Phi) is 5.56. The summed E-state index contributed by atoms with van der Waals surface area (Å²) in [6, 6.07) is 36.8. The molecular formula is C29H22OS. The van der Waals surface area contributed by atoms with Crippen molar-refractivity contribution in [1.82, 2.24) is 0 Å². The van der Waals surface area contributed by atoms with Gasteiger partial charge < -0.3 is 0 Å². The predicted octanol–water partition coefficient (Wildman–Crippen LogP) is 7.56. The highest BCUT2D eigenvalue weighted by Crippen LogP contribution is 2.35. The lowest BCUT2D eigenvalue weighted by Crippen LogP contribution is -2.05. The number of benzene rings is 5. The van der Waals surface area contributed by atoms with E-state index >= 15 is 0 Å². The molecule has 0 heterocycles. The van der Waals surface area contributed by atoms with Crippen LogP contribution in [0.4, 0.5) is 0 Å². The molecule has 0 N–H and O–H groups in total. The fourth-order valence-corrected chi connectivity index (χ4v) is 5.15. The topological polar surface area (TPSA) is 17.1 Å². The smallest absolute Gasteiger partial charge is 0.194 e. The average molecular weight is 419 g/mol. The van der Waals surface area contributed by atoms with Crippen molar-refractivity contribution in [3.8, 4) is 0 Å². The summed E-state index contributed by atoms with van der Waals surface area (Å²) in [4.78, 5) is 14.9. The minimum atomic E-state index is 0.0817. The fourth-order valence-electron chi connectivity index (χ4n) is 4.25. The number of ketones is 1. The molecule has 0 aromatic heterocycles. The van der Waals surface area contributed by atoms with E-state index in [1.807, 2.05) is 60.3 Å². The van der Waals surface area contributed by atoms with Crippen LogP contribution in [0.25, 0.3) is 21.5 Å². The zero-order valence-electron chi connectivity index (χ0n) is 17.1. The second kappa shape index (κ2) is 8.79. The summed E-state index contributed by atoms with van der Waals surface area (Å²) in [5.74, 6) is 1.07. The molecule has 0 saturated heterocycles. The quantitative estimate of drug-likeness (QED) is 0.161. The summed E-state index contributed by atoms with van der Waals surface area (Å²) in [7, 11) is 0. The maximum Gasteiger partial charge on any atom is 0.194 e. The van der Waals surface area contributed by atoms with E-state index in [1.165, 1.54) is 21.2 Å². The molecule has 0 fully saturated rings. The van der Waals surface area contributed by atoms with Crippen LogP contribution >= 0.6 is 11.8 Å². The van der Waals surface area contributed by atoms with E-state index in [9.17, 15) is 4.79 Å². The third-order valence-electron chi connectivity index (χ3n) is 5.67. The lowest BCUT2D eigenvalue weighted by atomic mass is 9.87. The van der Waals surface area contributed by atoms with Crippen molar-refractivity contribution in [2.45, 2.75) is 11.3 Å². The van der Waals surface area contributed by atoms with Crippen LogP contribution in [0.15, 0.2) is 114 Å². The molecule has 0 saturated carbocycles. The first-order valence-corrected chi connectivity index (χ1v) is 11.5. The monoisotopic (exact) mass is 418 g/mol. The fraction of sp³-hybridized carbons (Fsp3) is 0.0690. The van der Waals surface area contributed by atoms with Gasteiger partial charge in [-0.05, 0) is 45.7 Å². The van der Waals surface area contributed by atoms with Crippen molar-refractivity contribution in [2.75, 3.05) is 5.75 Å². The Bertz CT molecular complexity index is 1300. The molecule has 0 bridgehead atoms. The Morgan fingerprint density at radius 1 is 0.581 bits per heavy atom. The Labute approximate surface area is 186 Å². The van der Waals surface area contributed by atoms with Crippen LogP contribution < -0.4 is 0 Å². The highest BCUT2D eigenvalue weighted by atomic mass is 32.2. The van der Waals surface area contributed by atoms with Crippen LogP contribution in [0, 0.1) is 0 Å². The molecule has 0 aliphatic rings. The average Bonchev–Trinajstić information content (AvgIpc) is 2.84. The number of aryl methyl sites for hydroxylation is 1. The SMILES string of the molecule is O=C(c1ccccc1)c1c2ccccc2c(CCSc2ccccc2)c2ccccc12. The van der Waals surface area contributed by atoms with Gasteiger partial charge in [-0.25, -0.2) is 0 Å². The maximum atomic E-state index is 13.6. The highest BCUT2D eigenvalue weighted by Gasteiger charge is 2.19. The Morgan fingerprint density at radius 3 is 1.65 bits per heavy atom. The van der Waals surface area contributed by atoms with Gasteiger partial charge in [0.2, 0.25) is 0 Å². The van der Waals surface area contributed by atoms with Crippen LogP contribution in [-0.4, -0.2) is 11.5 Å². The van der Waals surface area contributed by atoms with Gasteiger partial charge in [0, 0.05) is 21.8 Å². The number of hydrogen-bond donors (Lipinski definition) is 0. The highest BCUT2D eigenvalue weighted by molar-refractivity contribution is 7.99. The summed E-state index contributed by atoms with van der Waals surface area (Å²) in [6.45, 7) is 0. The van der Waals surface area contributed by atoms with Gasteiger partial charge in [0.15, 0.2) is 5.78 Å². The van der Waals surface area contributed by atoms with E-state index in [1.54, 1.807) is 0 Å². The standard InChI is InChI=1S/C29H22OS/c30-29(21-11-3-1-4-12-21)28-26-17-9-7-15-23(26)25(24-16-8-10-18-27(24)28)19-20-31-22-13-5-2-6-14-22/h1-18H,19-20H2. The second-order valence-corrected chi connectivity index (χ2v) is 8.72. The van der Waals surface area contributed by atoms with E-state index < -0.39 is 0 Å². The number of thioether (sulfide) groups is 1. The van der Waals surface area contributed by atoms with Crippen molar-refractivity contribution in [3.05, 3.63) is 126 Å². The summed E-state index contributed by atoms with van der Waals surface area (Å²) in [5, 5.41) is 4.42. The summed E-state index contributed by atoms with van der Waals surface area (Å²) in [6.07, 6.45) is 0.945. The third-order valence-corrected chi connectivity index (χ3v) is 6.68. The van der Waals surface area contributed by atoms with E-state index in [4.69, 9.17) is 0 Å². The van der Waals surface area contributed by atoms with Gasteiger partial charge in [-0.3, -0.25) is 4.79 Å². The molecule has 5 aromatic carbocycles. The molecule has 2 heteroatoms. The molecule has 0 aliphatic carbocycles. The minimum Gasteiger partial charge on any atom is -0.289 e. The van der Waals surface area contributed by atoms with E-state index in [0.29, 0.717) is 0 Å². The summed E-state index contributed by atoms with van der Waals surface area (Å²) >= 11 is 1.87. The lowest BCUT2D eigenvalue weighted by Gasteiger charge is -2.16. The molecule has 31 heavy (non-hydrogen) atoms. The van der Waals surface area contributed by atoms with Crippen LogP contribution in [-0.2, 0) is 6.42 Å². The molecule has 0 aliphatic heterocycles. The van der Waals surface area contributed by atoms with Crippen molar-refractivity contribution in [1.29, 1.82) is 0 Å². The molecule has 150 valence electrons. The van der Waals surface area contributed by atoms with E-state index in [0.717, 1.165) is 34.1 Å². The molecule has 0 spiro atoms. The van der Waals surface area contributed by atoms with Crippen LogP contribution in [0.3, 0.4) is 0 Å². The Balaban J connectivity index is 1.64. The largest absolute Gasteiger partial charge is 0.289 e. The molecular weight excluding hydrogens is 396 g/mol. The van der Waals surface area contributed by atoms with Gasteiger partial charge in [-0.2, -0.15) is 0 Å². The number of carbonyl (C=O) groups excluding carboxylic acids is 1. The lowest BCUT2D eigenvalue weighted by molar-refractivity contribution is 0.104. The molecule has 1 nitrogen and oxygen atoms in total. The minimum absolute atomic E-state index is 0.0817. The van der Waals surface area contributed by atoms with Crippen molar-refractivity contribution >= 4 is 39.1 Å². The normalized spacial score (nSPS) is 11.1. The van der Waals surface area contributed by atoms with Gasteiger partial charge in [0.25, 0.3) is 0 Å². The van der Waals surface area contributed by atoms with Crippen LogP contribution in [0.2, 0.25) is 0 Å².